The Balaban J connectivity index is 0.00000196. The van der Waals surface area contributed by atoms with Crippen LogP contribution in [0.25, 0.3) is 0 Å². The molecule has 0 aromatic carbocycles. The number of piperidine rings is 1. The summed E-state index contributed by atoms with van der Waals surface area (Å²) in [4.78, 5) is 15.3. The lowest BCUT2D eigenvalue weighted by atomic mass is 9.92. The van der Waals surface area contributed by atoms with Crippen molar-refractivity contribution in [2.24, 2.45) is 0 Å². The number of allylic oxidation sites excluding steroid dienone is 10. The summed E-state index contributed by atoms with van der Waals surface area (Å²) in [6.07, 6.45) is 55.2. The van der Waals surface area contributed by atoms with E-state index in [0.29, 0.717) is 6.61 Å². The van der Waals surface area contributed by atoms with Gasteiger partial charge < -0.3 is 24.0 Å². The van der Waals surface area contributed by atoms with E-state index < -0.39 is 5.79 Å². The first-order chi connectivity index (χ1) is 26.9. The molecule has 2 aliphatic rings. The van der Waals surface area contributed by atoms with E-state index in [1.807, 2.05) is 19.0 Å². The zero-order valence-electron chi connectivity index (χ0n) is 36.8. The van der Waals surface area contributed by atoms with Crippen molar-refractivity contribution in [2.75, 3.05) is 54.1 Å². The van der Waals surface area contributed by atoms with Gasteiger partial charge in [0.25, 0.3) is 0 Å². The number of carbonyl (C=O) groups excluding carboxylic acids is 1. The third-order valence-corrected chi connectivity index (χ3v) is 10.8. The predicted octanol–water partition coefficient (Wildman–Crippen LogP) is 13.1. The summed E-state index contributed by atoms with van der Waals surface area (Å²) in [6, 6.07) is 0. The zero-order chi connectivity index (χ0) is 40.0. The predicted molar refractivity (Wildman–Crippen MR) is 238 cm³/mol. The average molecular weight is 769 g/mol. The van der Waals surface area contributed by atoms with Crippen LogP contribution in [0.1, 0.15) is 181 Å². The molecule has 2 rings (SSSR count). The van der Waals surface area contributed by atoms with Crippen LogP contribution in [0.15, 0.2) is 60.8 Å². The number of amides is 1. The third kappa shape index (κ3) is 29.0. The van der Waals surface area contributed by atoms with E-state index in [-0.39, 0.29) is 5.60 Å². The van der Waals surface area contributed by atoms with Crippen molar-refractivity contribution >= 4 is 6.41 Å². The van der Waals surface area contributed by atoms with Gasteiger partial charge in [0.1, 0.15) is 0 Å². The molecule has 2 aliphatic heterocycles. The number of carbonyl (C=O) groups is 1. The van der Waals surface area contributed by atoms with Crippen molar-refractivity contribution in [1.29, 1.82) is 0 Å². The van der Waals surface area contributed by atoms with Crippen LogP contribution in [0.5, 0.6) is 0 Å². The Morgan fingerprint density at radius 1 is 0.618 bits per heavy atom. The molecule has 1 unspecified atom stereocenters. The van der Waals surface area contributed by atoms with Crippen LogP contribution in [0.3, 0.4) is 0 Å². The summed E-state index contributed by atoms with van der Waals surface area (Å²) < 4.78 is 18.3. The Morgan fingerprint density at radius 3 is 1.51 bits per heavy atom. The van der Waals surface area contributed by atoms with Gasteiger partial charge in [-0.05, 0) is 104 Å². The second-order valence-electron chi connectivity index (χ2n) is 16.2. The number of rotatable bonds is 33. The molecular weight excluding hydrogens is 681 g/mol. The first-order valence-electron chi connectivity index (χ1n) is 22.9. The maximum absolute atomic E-state index is 11.3. The molecule has 318 valence electrons. The SMILES string of the molecule is CC/C=C\C/C=C\C/C=C\CCCCCCCCC1(CCCCCCCC/C=C\C/C=C\CCCCC)OCC2(CCN(C=O)CC2)O1.COCCN(C)C. The molecule has 6 heteroatoms. The highest BCUT2D eigenvalue weighted by Gasteiger charge is 2.50. The fourth-order valence-electron chi connectivity index (χ4n) is 7.22. The van der Waals surface area contributed by atoms with E-state index in [0.717, 1.165) is 84.0 Å². The summed E-state index contributed by atoms with van der Waals surface area (Å²) in [5.41, 5.74) is -0.187. The molecule has 1 spiro atoms. The molecule has 0 aliphatic carbocycles. The highest BCUT2D eigenvalue weighted by molar-refractivity contribution is 5.47. The van der Waals surface area contributed by atoms with Crippen LogP contribution in [0, 0.1) is 0 Å². The van der Waals surface area contributed by atoms with Crippen LogP contribution in [-0.2, 0) is 19.0 Å². The van der Waals surface area contributed by atoms with Crippen molar-refractivity contribution in [1.82, 2.24) is 9.80 Å². The number of hydrogen-bond donors (Lipinski definition) is 0. The zero-order valence-corrected chi connectivity index (χ0v) is 36.8. The molecule has 1 amide bonds. The van der Waals surface area contributed by atoms with Gasteiger partial charge in [0.05, 0.1) is 18.8 Å². The second kappa shape index (κ2) is 36.4. The van der Waals surface area contributed by atoms with E-state index in [1.54, 1.807) is 7.11 Å². The summed E-state index contributed by atoms with van der Waals surface area (Å²) in [6.45, 7) is 8.55. The first kappa shape index (κ1) is 51.0. The van der Waals surface area contributed by atoms with Crippen molar-refractivity contribution < 1.29 is 19.0 Å². The van der Waals surface area contributed by atoms with Gasteiger partial charge in [-0.3, -0.25) is 4.79 Å². The molecule has 2 heterocycles. The van der Waals surface area contributed by atoms with Crippen molar-refractivity contribution in [3.05, 3.63) is 60.8 Å². The molecular formula is C49H88N2O4. The van der Waals surface area contributed by atoms with Crippen LogP contribution >= 0.6 is 0 Å². The highest BCUT2D eigenvalue weighted by atomic mass is 16.8. The van der Waals surface area contributed by atoms with Crippen molar-refractivity contribution in [3.8, 4) is 0 Å². The Labute approximate surface area is 341 Å². The molecule has 2 saturated heterocycles. The molecule has 1 atom stereocenters. The second-order valence-corrected chi connectivity index (χ2v) is 16.2. The van der Waals surface area contributed by atoms with Gasteiger partial charge in [0, 0.05) is 39.6 Å². The number of ether oxygens (including phenoxy) is 3. The monoisotopic (exact) mass is 769 g/mol. The summed E-state index contributed by atoms with van der Waals surface area (Å²) >= 11 is 0. The Hall–Kier alpha value is -1.99. The van der Waals surface area contributed by atoms with Gasteiger partial charge in [0.2, 0.25) is 6.41 Å². The lowest BCUT2D eigenvalue weighted by molar-refractivity contribution is -0.204. The van der Waals surface area contributed by atoms with Gasteiger partial charge in [-0.25, -0.2) is 0 Å². The third-order valence-electron chi connectivity index (χ3n) is 10.8. The molecule has 55 heavy (non-hydrogen) atoms. The van der Waals surface area contributed by atoms with E-state index in [4.69, 9.17) is 14.2 Å². The van der Waals surface area contributed by atoms with Gasteiger partial charge in [-0.1, -0.05) is 139 Å². The summed E-state index contributed by atoms with van der Waals surface area (Å²) in [5, 5.41) is 0. The Kier molecular flexibility index (Phi) is 33.7. The molecule has 0 bridgehead atoms. The van der Waals surface area contributed by atoms with E-state index >= 15 is 0 Å². The number of nitrogens with zero attached hydrogens (tertiary/aromatic N) is 2. The summed E-state index contributed by atoms with van der Waals surface area (Å²) in [7, 11) is 5.77. The van der Waals surface area contributed by atoms with Gasteiger partial charge >= 0.3 is 0 Å². The van der Waals surface area contributed by atoms with E-state index in [2.05, 4.69) is 79.5 Å². The number of hydrogen-bond acceptors (Lipinski definition) is 5. The number of likely N-dealkylation sites (N-methyl/N-ethyl adjacent to an activating group) is 1. The van der Waals surface area contributed by atoms with Crippen molar-refractivity contribution in [2.45, 2.75) is 192 Å². The fourth-order valence-corrected chi connectivity index (χ4v) is 7.22. The minimum absolute atomic E-state index is 0.187. The largest absolute Gasteiger partial charge is 0.383 e. The van der Waals surface area contributed by atoms with E-state index in [9.17, 15) is 4.79 Å². The average Bonchev–Trinajstić information content (AvgIpc) is 3.54. The first-order valence-corrected chi connectivity index (χ1v) is 22.9. The maximum Gasteiger partial charge on any atom is 0.209 e. The topological polar surface area (TPSA) is 51.2 Å². The van der Waals surface area contributed by atoms with Crippen LogP contribution in [0.4, 0.5) is 0 Å². The lowest BCUT2D eigenvalue weighted by Gasteiger charge is -2.38. The summed E-state index contributed by atoms with van der Waals surface area (Å²) in [5.74, 6) is -0.413. The van der Waals surface area contributed by atoms with Crippen LogP contribution in [-0.4, -0.2) is 81.7 Å². The highest BCUT2D eigenvalue weighted by Crippen LogP contribution is 2.43. The molecule has 0 aromatic heterocycles. The Bertz CT molecular complexity index is 1010. The van der Waals surface area contributed by atoms with Gasteiger partial charge in [0.15, 0.2) is 5.79 Å². The number of unbranched alkanes of at least 4 members (excludes halogenated alkanes) is 15. The fraction of sp³-hybridized carbons (Fsp3) is 0.776. The van der Waals surface area contributed by atoms with Crippen molar-refractivity contribution in [3.63, 3.8) is 0 Å². The minimum atomic E-state index is -0.413. The van der Waals surface area contributed by atoms with Gasteiger partial charge in [-0.2, -0.15) is 0 Å². The Morgan fingerprint density at radius 2 is 1.07 bits per heavy atom. The van der Waals surface area contributed by atoms with Gasteiger partial charge in [-0.15, -0.1) is 0 Å². The maximum atomic E-state index is 11.3. The van der Waals surface area contributed by atoms with E-state index in [1.165, 1.54) is 116 Å². The molecule has 0 N–H and O–H groups in total. The lowest BCUT2D eigenvalue weighted by Crippen LogP contribution is -2.46. The smallest absolute Gasteiger partial charge is 0.209 e. The molecule has 0 radical (unpaired) electrons. The van der Waals surface area contributed by atoms with Crippen LogP contribution < -0.4 is 0 Å². The number of methoxy groups -OCH3 is 1. The standard InChI is InChI=1S/C44H75NO3.C5H13NO/c1-3-5-7-9-11-13-15-17-19-21-23-25-27-29-31-33-35-44(47-41-43(48-44)37-39-45(42-46)40-38-43)36-34-32-30-28-26-24-22-20-18-16-14-12-10-8-6-4-2;1-6(2)4-5-7-3/h5,7,11-14,17-20,42H,3-4,6,8-10,15-16,21-41H2,1-2H3;4-5H2,1-3H3/b7-5-,13-11-,14-12-,19-17-,20-18-;. The molecule has 0 aromatic rings. The molecule has 2 fully saturated rings. The quantitative estimate of drug-likeness (QED) is 0.0378. The molecule has 0 saturated carbocycles. The number of likely N-dealkylation sites (tertiary alicyclic amines) is 1. The minimum Gasteiger partial charge on any atom is -0.383 e. The molecule has 6 nitrogen and oxygen atoms in total. The normalized spacial score (nSPS) is 18.7. The van der Waals surface area contributed by atoms with Crippen LogP contribution in [0.2, 0.25) is 0 Å².